The second-order valence-corrected chi connectivity index (χ2v) is 6.65. The van der Waals surface area contributed by atoms with Crippen molar-refractivity contribution in [3.8, 4) is 0 Å². The highest BCUT2D eigenvalue weighted by atomic mass is 16.7. The van der Waals surface area contributed by atoms with E-state index < -0.39 is 12.9 Å². The molecule has 0 bridgehead atoms. The van der Waals surface area contributed by atoms with Gasteiger partial charge in [-0.3, -0.25) is 9.36 Å². The molecule has 2 aromatic rings. The smallest absolute Gasteiger partial charge is 0.421 e. The maximum absolute atomic E-state index is 12.4. The molecule has 3 rings (SSSR count). The Balaban J connectivity index is 1.64. The number of likely N-dealkylation sites (N-methyl/N-ethyl adjacent to an activating group) is 1. The van der Waals surface area contributed by atoms with Crippen LogP contribution in [0.4, 0.5) is 4.79 Å². The minimum absolute atomic E-state index is 0.265. The molecule has 140 valence electrons. The lowest BCUT2D eigenvalue weighted by Crippen LogP contribution is -2.22. The summed E-state index contributed by atoms with van der Waals surface area (Å²) in [7, 11) is 4.02. The van der Waals surface area contributed by atoms with Gasteiger partial charge >= 0.3 is 12.1 Å². The van der Waals surface area contributed by atoms with Crippen molar-refractivity contribution in [3.05, 3.63) is 36.0 Å². The van der Waals surface area contributed by atoms with Crippen molar-refractivity contribution in [2.75, 3.05) is 40.6 Å². The van der Waals surface area contributed by atoms with Gasteiger partial charge in [0.25, 0.3) is 0 Å². The predicted molar refractivity (Wildman–Crippen MR) is 96.0 cm³/mol. The molecule has 1 unspecified atom stereocenters. The molecule has 1 aliphatic rings. The van der Waals surface area contributed by atoms with Crippen LogP contribution in [0, 0.1) is 5.92 Å². The Kier molecular flexibility index (Phi) is 5.90. The number of rotatable bonds is 6. The van der Waals surface area contributed by atoms with E-state index in [2.05, 4.69) is 4.90 Å². The van der Waals surface area contributed by atoms with Crippen LogP contribution >= 0.6 is 0 Å². The van der Waals surface area contributed by atoms with Crippen LogP contribution < -0.4 is 0 Å². The maximum Gasteiger partial charge on any atom is 0.421 e. The highest BCUT2D eigenvalue weighted by Gasteiger charge is 2.25. The molecule has 1 aromatic heterocycles. The summed E-state index contributed by atoms with van der Waals surface area (Å²) in [6.45, 7) is 1.41. The third kappa shape index (κ3) is 4.23. The first-order valence-corrected chi connectivity index (χ1v) is 8.71. The Labute approximate surface area is 152 Å². The number of aromatic nitrogens is 1. The molecule has 26 heavy (non-hydrogen) atoms. The van der Waals surface area contributed by atoms with Crippen LogP contribution in [0.3, 0.4) is 0 Å². The van der Waals surface area contributed by atoms with Crippen molar-refractivity contribution in [3.63, 3.8) is 0 Å². The molecule has 0 aliphatic carbocycles. The molecule has 1 aliphatic heterocycles. The first-order valence-electron chi connectivity index (χ1n) is 8.71. The van der Waals surface area contributed by atoms with Gasteiger partial charge in [-0.05, 0) is 38.6 Å². The van der Waals surface area contributed by atoms with Crippen LogP contribution in [0.2, 0.25) is 0 Å². The molecular weight excluding hydrogens is 336 g/mol. The van der Waals surface area contributed by atoms with E-state index in [1.807, 2.05) is 38.4 Å². The van der Waals surface area contributed by atoms with Crippen molar-refractivity contribution >= 4 is 23.0 Å². The summed E-state index contributed by atoms with van der Waals surface area (Å²) in [6, 6.07) is 7.69. The third-order valence-electron chi connectivity index (χ3n) is 4.47. The van der Waals surface area contributed by atoms with Gasteiger partial charge < -0.3 is 19.1 Å². The lowest BCUT2D eigenvalue weighted by Gasteiger charge is -2.10. The maximum atomic E-state index is 12.4. The van der Waals surface area contributed by atoms with Crippen molar-refractivity contribution in [2.45, 2.75) is 12.8 Å². The molecule has 0 saturated carbocycles. The lowest BCUT2D eigenvalue weighted by atomic mass is 10.1. The first kappa shape index (κ1) is 18.4. The molecule has 1 aromatic carbocycles. The largest absolute Gasteiger partial charge is 0.427 e. The standard InChI is InChI=1S/C19H24N2O5/c1-20(2)9-7-14-11-21(17-6-4-3-5-16(14)17)19(23)26-13-25-18(22)15-8-10-24-12-15/h3-6,11,15H,7-10,12-13H2,1-2H3. The zero-order valence-electron chi connectivity index (χ0n) is 15.1. The van der Waals surface area contributed by atoms with Gasteiger partial charge in [-0.2, -0.15) is 0 Å². The Morgan fingerprint density at radius 1 is 1.27 bits per heavy atom. The fourth-order valence-electron chi connectivity index (χ4n) is 2.99. The number of benzene rings is 1. The highest BCUT2D eigenvalue weighted by molar-refractivity contribution is 5.92. The van der Waals surface area contributed by atoms with E-state index in [0.717, 1.165) is 29.4 Å². The molecule has 1 atom stereocenters. The van der Waals surface area contributed by atoms with Crippen LogP contribution in [-0.4, -0.2) is 62.2 Å². The van der Waals surface area contributed by atoms with E-state index >= 15 is 0 Å². The Morgan fingerprint density at radius 2 is 2.08 bits per heavy atom. The number of esters is 1. The van der Waals surface area contributed by atoms with Crippen molar-refractivity contribution in [2.24, 2.45) is 5.92 Å². The van der Waals surface area contributed by atoms with E-state index in [4.69, 9.17) is 14.2 Å². The molecule has 0 spiro atoms. The predicted octanol–water partition coefficient (Wildman–Crippen LogP) is 2.27. The topological polar surface area (TPSA) is 70.0 Å². The number of para-hydroxylation sites is 1. The summed E-state index contributed by atoms with van der Waals surface area (Å²) in [5.41, 5.74) is 1.85. The second-order valence-electron chi connectivity index (χ2n) is 6.65. The third-order valence-corrected chi connectivity index (χ3v) is 4.47. The number of hydrogen-bond donors (Lipinski definition) is 0. The van der Waals surface area contributed by atoms with Gasteiger partial charge in [-0.25, -0.2) is 4.79 Å². The molecule has 7 nitrogen and oxygen atoms in total. The number of carbonyl (C=O) groups is 2. The first-order chi connectivity index (χ1) is 12.6. The molecule has 1 saturated heterocycles. The van der Waals surface area contributed by atoms with Crippen LogP contribution in [0.5, 0.6) is 0 Å². The van der Waals surface area contributed by atoms with E-state index in [1.165, 1.54) is 4.57 Å². The highest BCUT2D eigenvalue weighted by Crippen LogP contribution is 2.22. The molecular formula is C19H24N2O5. The van der Waals surface area contributed by atoms with Gasteiger partial charge in [0.05, 0.1) is 18.0 Å². The van der Waals surface area contributed by atoms with Crippen LogP contribution in [0.1, 0.15) is 12.0 Å². The Bertz CT molecular complexity index is 777. The zero-order valence-corrected chi connectivity index (χ0v) is 15.1. The molecule has 1 fully saturated rings. The summed E-state index contributed by atoms with van der Waals surface area (Å²) < 4.78 is 16.8. The van der Waals surface area contributed by atoms with E-state index in [1.54, 1.807) is 6.20 Å². The summed E-state index contributed by atoms with van der Waals surface area (Å²) in [6.07, 6.45) is 2.70. The van der Waals surface area contributed by atoms with Gasteiger partial charge in [0.1, 0.15) is 0 Å². The quantitative estimate of drug-likeness (QED) is 0.581. The normalized spacial score (nSPS) is 17.0. The van der Waals surface area contributed by atoms with E-state index in [-0.39, 0.29) is 11.9 Å². The second kappa shape index (κ2) is 8.33. The zero-order chi connectivity index (χ0) is 18.5. The van der Waals surface area contributed by atoms with Gasteiger partial charge in [0.2, 0.25) is 6.79 Å². The van der Waals surface area contributed by atoms with Crippen molar-refractivity contribution in [1.29, 1.82) is 0 Å². The average Bonchev–Trinajstić information content (AvgIpc) is 3.28. The minimum Gasteiger partial charge on any atom is -0.427 e. The average molecular weight is 360 g/mol. The molecule has 0 radical (unpaired) electrons. The Hall–Kier alpha value is -2.38. The van der Waals surface area contributed by atoms with Gasteiger partial charge in [0, 0.05) is 24.7 Å². The fourth-order valence-corrected chi connectivity index (χ4v) is 2.99. The Morgan fingerprint density at radius 3 is 2.81 bits per heavy atom. The van der Waals surface area contributed by atoms with Gasteiger partial charge in [-0.1, -0.05) is 18.2 Å². The molecule has 0 amide bonds. The summed E-state index contributed by atoms with van der Waals surface area (Å²) >= 11 is 0. The van der Waals surface area contributed by atoms with E-state index in [0.29, 0.717) is 19.6 Å². The number of fused-ring (bicyclic) bond motifs is 1. The fraction of sp³-hybridized carbons (Fsp3) is 0.474. The lowest BCUT2D eigenvalue weighted by molar-refractivity contribution is -0.156. The summed E-state index contributed by atoms with van der Waals surface area (Å²) in [5, 5.41) is 1.02. The molecule has 0 N–H and O–H groups in total. The van der Waals surface area contributed by atoms with Crippen LogP contribution in [-0.2, 0) is 25.4 Å². The summed E-state index contributed by atoms with van der Waals surface area (Å²) in [4.78, 5) is 26.3. The van der Waals surface area contributed by atoms with E-state index in [9.17, 15) is 9.59 Å². The SMILES string of the molecule is CN(C)CCc1cn(C(=O)OCOC(=O)C2CCOC2)c2ccccc12. The monoisotopic (exact) mass is 360 g/mol. The van der Waals surface area contributed by atoms with Crippen molar-refractivity contribution in [1.82, 2.24) is 9.47 Å². The van der Waals surface area contributed by atoms with Crippen LogP contribution in [0.25, 0.3) is 10.9 Å². The number of carbonyl (C=O) groups excluding carboxylic acids is 2. The van der Waals surface area contributed by atoms with Gasteiger partial charge in [0.15, 0.2) is 0 Å². The number of nitrogens with zero attached hydrogens (tertiary/aromatic N) is 2. The molecule has 2 heterocycles. The van der Waals surface area contributed by atoms with Crippen molar-refractivity contribution < 1.29 is 23.8 Å². The molecule has 7 heteroatoms. The number of hydrogen-bond acceptors (Lipinski definition) is 6. The minimum atomic E-state index is -0.562. The van der Waals surface area contributed by atoms with Gasteiger partial charge in [-0.15, -0.1) is 0 Å². The van der Waals surface area contributed by atoms with Crippen LogP contribution in [0.15, 0.2) is 30.5 Å². The summed E-state index contributed by atoms with van der Waals surface area (Å²) in [5.74, 6) is -0.655. The number of ether oxygens (including phenoxy) is 3.